The number of imide groups is 1. The van der Waals surface area contributed by atoms with Crippen molar-refractivity contribution < 1.29 is 28.5 Å². The highest BCUT2D eigenvalue weighted by molar-refractivity contribution is 7.11. The van der Waals surface area contributed by atoms with Gasteiger partial charge in [-0.05, 0) is 23.6 Å². The minimum Gasteiger partial charge on any atom is -0.497 e. The Labute approximate surface area is 187 Å². The Bertz CT molecular complexity index is 1230. The van der Waals surface area contributed by atoms with E-state index in [9.17, 15) is 9.59 Å². The quantitative estimate of drug-likeness (QED) is 0.570. The predicted octanol–water partition coefficient (Wildman–Crippen LogP) is 3.89. The van der Waals surface area contributed by atoms with Crippen LogP contribution in [0, 0.1) is 0 Å². The molecule has 0 fully saturated rings. The highest BCUT2D eigenvalue weighted by Gasteiger charge is 2.41. The number of amides is 2. The maximum Gasteiger partial charge on any atom is 0.282 e. The molecule has 0 bridgehead atoms. The molecule has 0 aliphatic carbocycles. The van der Waals surface area contributed by atoms with Gasteiger partial charge < -0.3 is 24.3 Å². The lowest BCUT2D eigenvalue weighted by Crippen LogP contribution is -2.32. The molecule has 5 rings (SSSR count). The van der Waals surface area contributed by atoms with E-state index in [-0.39, 0.29) is 12.5 Å². The fourth-order valence-electron chi connectivity index (χ4n) is 3.57. The molecule has 0 saturated carbocycles. The number of nitrogens with one attached hydrogen (secondary N) is 1. The molecule has 32 heavy (non-hydrogen) atoms. The van der Waals surface area contributed by atoms with Crippen LogP contribution in [0.15, 0.2) is 59.6 Å². The molecule has 1 aromatic heterocycles. The number of methoxy groups -OCH3 is 2. The zero-order valence-electron chi connectivity index (χ0n) is 17.2. The first-order chi connectivity index (χ1) is 15.6. The average molecular weight is 450 g/mol. The molecule has 1 N–H and O–H groups in total. The van der Waals surface area contributed by atoms with Gasteiger partial charge in [-0.25, -0.2) is 4.90 Å². The van der Waals surface area contributed by atoms with E-state index in [0.29, 0.717) is 44.8 Å². The van der Waals surface area contributed by atoms with E-state index in [4.69, 9.17) is 18.9 Å². The number of rotatable bonds is 6. The molecule has 0 radical (unpaired) electrons. The summed E-state index contributed by atoms with van der Waals surface area (Å²) in [5.41, 5.74) is 1.43. The molecule has 2 aliphatic rings. The first-order valence-electron chi connectivity index (χ1n) is 9.65. The Morgan fingerprint density at radius 3 is 2.38 bits per heavy atom. The van der Waals surface area contributed by atoms with Crippen molar-refractivity contribution in [3.63, 3.8) is 0 Å². The van der Waals surface area contributed by atoms with Crippen molar-refractivity contribution in [3.8, 4) is 23.0 Å². The number of nitrogens with zero attached hydrogens (tertiary/aromatic N) is 1. The lowest BCUT2D eigenvalue weighted by Gasteiger charge is -2.17. The summed E-state index contributed by atoms with van der Waals surface area (Å²) in [6.45, 7) is 0.144. The number of ether oxygens (including phenoxy) is 4. The molecule has 162 valence electrons. The van der Waals surface area contributed by atoms with Crippen molar-refractivity contribution in [2.75, 3.05) is 31.2 Å². The number of carbonyl (C=O) groups is 2. The normalized spacial score (nSPS) is 14.9. The number of fused-ring (bicyclic) bond motifs is 1. The second-order valence-electron chi connectivity index (χ2n) is 6.94. The van der Waals surface area contributed by atoms with E-state index in [1.807, 2.05) is 17.5 Å². The molecule has 2 aromatic carbocycles. The highest BCUT2D eigenvalue weighted by Crippen LogP contribution is 2.39. The lowest BCUT2D eigenvalue weighted by molar-refractivity contribution is -0.120. The van der Waals surface area contributed by atoms with Gasteiger partial charge >= 0.3 is 0 Å². The topological polar surface area (TPSA) is 86.3 Å². The second-order valence-corrected chi connectivity index (χ2v) is 7.88. The fourth-order valence-corrected chi connectivity index (χ4v) is 4.34. The third-order valence-electron chi connectivity index (χ3n) is 5.09. The van der Waals surface area contributed by atoms with E-state index in [2.05, 4.69) is 5.32 Å². The number of thiophene rings is 1. The zero-order valence-corrected chi connectivity index (χ0v) is 18.0. The Morgan fingerprint density at radius 2 is 1.69 bits per heavy atom. The molecule has 0 unspecified atom stereocenters. The summed E-state index contributed by atoms with van der Waals surface area (Å²) in [5, 5.41) is 4.98. The molecule has 2 aliphatic heterocycles. The van der Waals surface area contributed by atoms with E-state index < -0.39 is 11.8 Å². The van der Waals surface area contributed by atoms with Gasteiger partial charge in [-0.1, -0.05) is 6.07 Å². The Morgan fingerprint density at radius 1 is 0.938 bits per heavy atom. The van der Waals surface area contributed by atoms with Crippen LogP contribution in [0.3, 0.4) is 0 Å². The molecule has 2 amide bonds. The third-order valence-corrected chi connectivity index (χ3v) is 5.98. The van der Waals surface area contributed by atoms with Crippen LogP contribution in [0.4, 0.5) is 11.4 Å². The predicted molar refractivity (Wildman–Crippen MR) is 119 cm³/mol. The Hall–Kier alpha value is -3.98. The van der Waals surface area contributed by atoms with Crippen LogP contribution in [0.5, 0.6) is 23.0 Å². The summed E-state index contributed by atoms with van der Waals surface area (Å²) in [5.74, 6) is 1.22. The first-order valence-corrected chi connectivity index (χ1v) is 10.5. The molecule has 9 heteroatoms. The van der Waals surface area contributed by atoms with Gasteiger partial charge in [-0.2, -0.15) is 0 Å². The zero-order chi connectivity index (χ0) is 22.2. The van der Waals surface area contributed by atoms with Crippen molar-refractivity contribution in [1.29, 1.82) is 0 Å². The summed E-state index contributed by atoms with van der Waals surface area (Å²) >= 11 is 1.38. The standard InChI is InChI=1S/C23H18N2O6S/c1-28-15-9-14(10-16(11-15)29-2)25-22(26)20(19-4-3-7-32-19)21(23(25)27)24-13-5-6-17-18(8-13)31-12-30-17/h3-11,24H,12H2,1-2H3. The van der Waals surface area contributed by atoms with Crippen LogP contribution in [0.1, 0.15) is 4.88 Å². The summed E-state index contributed by atoms with van der Waals surface area (Å²) < 4.78 is 21.4. The number of anilines is 2. The first kappa shape index (κ1) is 20.0. The van der Waals surface area contributed by atoms with E-state index in [1.54, 1.807) is 36.4 Å². The van der Waals surface area contributed by atoms with Gasteiger partial charge in [-0.15, -0.1) is 11.3 Å². The van der Waals surface area contributed by atoms with Gasteiger partial charge in [-0.3, -0.25) is 9.59 Å². The summed E-state index contributed by atoms with van der Waals surface area (Å²) in [7, 11) is 3.02. The number of hydrogen-bond acceptors (Lipinski definition) is 8. The van der Waals surface area contributed by atoms with Crippen LogP contribution < -0.4 is 29.2 Å². The van der Waals surface area contributed by atoms with Gasteiger partial charge in [0.2, 0.25) is 6.79 Å². The molecule has 0 atom stereocenters. The average Bonchev–Trinajstić information content (AvgIpc) is 3.54. The van der Waals surface area contributed by atoms with Crippen molar-refractivity contribution in [2.24, 2.45) is 0 Å². The van der Waals surface area contributed by atoms with Crippen LogP contribution in [-0.2, 0) is 9.59 Å². The summed E-state index contributed by atoms with van der Waals surface area (Å²) in [6.07, 6.45) is 0. The van der Waals surface area contributed by atoms with Gasteiger partial charge in [0, 0.05) is 34.8 Å². The number of hydrogen-bond donors (Lipinski definition) is 1. The number of benzene rings is 2. The largest absolute Gasteiger partial charge is 0.497 e. The van der Waals surface area contributed by atoms with E-state index >= 15 is 0 Å². The van der Waals surface area contributed by atoms with Gasteiger partial charge in [0.05, 0.1) is 25.5 Å². The van der Waals surface area contributed by atoms with Crippen LogP contribution in [-0.4, -0.2) is 32.8 Å². The third kappa shape index (κ3) is 3.32. The minimum absolute atomic E-state index is 0.144. The molecule has 0 saturated heterocycles. The van der Waals surface area contributed by atoms with Crippen molar-refractivity contribution in [2.45, 2.75) is 0 Å². The highest BCUT2D eigenvalue weighted by atomic mass is 32.1. The Kier molecular flexibility index (Phi) is 4.95. The van der Waals surface area contributed by atoms with Crippen LogP contribution >= 0.6 is 11.3 Å². The second kappa shape index (κ2) is 7.93. The lowest BCUT2D eigenvalue weighted by atomic mass is 10.1. The van der Waals surface area contributed by atoms with E-state index in [1.165, 1.54) is 25.6 Å². The Balaban J connectivity index is 1.57. The number of carbonyl (C=O) groups excluding carboxylic acids is 2. The smallest absolute Gasteiger partial charge is 0.282 e. The molecule has 8 nitrogen and oxygen atoms in total. The van der Waals surface area contributed by atoms with Gasteiger partial charge in [0.1, 0.15) is 17.2 Å². The van der Waals surface area contributed by atoms with Crippen molar-refractivity contribution in [1.82, 2.24) is 0 Å². The van der Waals surface area contributed by atoms with Gasteiger partial charge in [0.25, 0.3) is 11.8 Å². The summed E-state index contributed by atoms with van der Waals surface area (Å²) in [4.78, 5) is 28.8. The molecule has 0 spiro atoms. The maximum absolute atomic E-state index is 13.5. The van der Waals surface area contributed by atoms with Crippen molar-refractivity contribution >= 4 is 40.1 Å². The molecular formula is C23H18N2O6S. The van der Waals surface area contributed by atoms with Crippen LogP contribution in [0.2, 0.25) is 0 Å². The fraction of sp³-hybridized carbons (Fsp3) is 0.130. The molecule has 3 aromatic rings. The summed E-state index contributed by atoms with van der Waals surface area (Å²) in [6, 6.07) is 13.8. The maximum atomic E-state index is 13.5. The van der Waals surface area contributed by atoms with Gasteiger partial charge in [0.15, 0.2) is 11.5 Å². The van der Waals surface area contributed by atoms with Crippen molar-refractivity contribution in [3.05, 3.63) is 64.5 Å². The van der Waals surface area contributed by atoms with E-state index in [0.717, 1.165) is 4.90 Å². The van der Waals surface area contributed by atoms with Crippen LogP contribution in [0.25, 0.3) is 5.57 Å². The molecular weight excluding hydrogens is 432 g/mol. The monoisotopic (exact) mass is 450 g/mol. The SMILES string of the molecule is COc1cc(OC)cc(N2C(=O)C(Nc3ccc4c(c3)OCO4)=C(c3cccs3)C2=O)c1. The minimum atomic E-state index is -0.480. The molecule has 3 heterocycles.